The van der Waals surface area contributed by atoms with Crippen molar-refractivity contribution >= 4 is 11.6 Å². The Morgan fingerprint density at radius 3 is 2.76 bits per heavy atom. The molecule has 1 unspecified atom stereocenters. The van der Waals surface area contributed by atoms with Crippen LogP contribution in [0.25, 0.3) is 0 Å². The lowest BCUT2D eigenvalue weighted by atomic mass is 10.2. The van der Waals surface area contributed by atoms with Crippen LogP contribution in [0.3, 0.4) is 0 Å². The molecule has 6 heteroatoms. The normalized spacial score (nSPS) is 12.0. The average molecular weight is 242 g/mol. The Morgan fingerprint density at radius 2 is 2.24 bits per heavy atom. The molecule has 1 amide bonds. The van der Waals surface area contributed by atoms with E-state index in [-0.39, 0.29) is 18.2 Å². The Kier molecular flexibility index (Phi) is 4.86. The van der Waals surface area contributed by atoms with Crippen molar-refractivity contribution in [1.82, 2.24) is 0 Å². The second kappa shape index (κ2) is 6.17. The molecule has 94 valence electrons. The van der Waals surface area contributed by atoms with Crippen LogP contribution in [0.1, 0.15) is 0 Å². The summed E-state index contributed by atoms with van der Waals surface area (Å²) in [4.78, 5) is 11.6. The SMILES string of the molecule is COc1cc(NC(=O)C(CN)OC)ccc1F. The van der Waals surface area contributed by atoms with E-state index in [2.05, 4.69) is 5.32 Å². The molecule has 1 rings (SSSR count). The molecule has 17 heavy (non-hydrogen) atoms. The summed E-state index contributed by atoms with van der Waals surface area (Å²) >= 11 is 0. The number of hydrogen-bond donors (Lipinski definition) is 2. The summed E-state index contributed by atoms with van der Waals surface area (Å²) in [5.41, 5.74) is 5.77. The Bertz CT molecular complexity index is 394. The molecule has 0 bridgehead atoms. The first-order valence-electron chi connectivity index (χ1n) is 4.99. The van der Waals surface area contributed by atoms with Crippen LogP contribution >= 0.6 is 0 Å². The number of carbonyl (C=O) groups is 1. The number of methoxy groups -OCH3 is 2. The van der Waals surface area contributed by atoms with Crippen LogP contribution < -0.4 is 15.8 Å². The van der Waals surface area contributed by atoms with Crippen LogP contribution in [0.2, 0.25) is 0 Å². The molecule has 5 nitrogen and oxygen atoms in total. The van der Waals surface area contributed by atoms with Gasteiger partial charge in [0.25, 0.3) is 5.91 Å². The topological polar surface area (TPSA) is 73.6 Å². The van der Waals surface area contributed by atoms with Gasteiger partial charge in [-0.2, -0.15) is 0 Å². The number of halogens is 1. The molecule has 0 aromatic heterocycles. The van der Waals surface area contributed by atoms with Gasteiger partial charge in [-0.25, -0.2) is 4.39 Å². The number of benzene rings is 1. The monoisotopic (exact) mass is 242 g/mol. The minimum atomic E-state index is -0.731. The van der Waals surface area contributed by atoms with E-state index in [9.17, 15) is 9.18 Å². The van der Waals surface area contributed by atoms with Crippen LogP contribution in [-0.4, -0.2) is 32.8 Å². The number of rotatable bonds is 5. The van der Waals surface area contributed by atoms with Gasteiger partial charge in [0.15, 0.2) is 11.6 Å². The number of carbonyl (C=O) groups excluding carboxylic acids is 1. The third-order valence-electron chi connectivity index (χ3n) is 2.21. The zero-order valence-electron chi connectivity index (χ0n) is 9.70. The van der Waals surface area contributed by atoms with Gasteiger partial charge in [-0.3, -0.25) is 4.79 Å². The quantitative estimate of drug-likeness (QED) is 0.799. The number of nitrogens with two attached hydrogens (primary N) is 1. The van der Waals surface area contributed by atoms with Crippen LogP contribution in [-0.2, 0) is 9.53 Å². The summed E-state index contributed by atoms with van der Waals surface area (Å²) in [6.07, 6.45) is -0.731. The Balaban J connectivity index is 2.78. The molecule has 1 atom stereocenters. The molecule has 0 aliphatic carbocycles. The van der Waals surface area contributed by atoms with E-state index < -0.39 is 11.9 Å². The lowest BCUT2D eigenvalue weighted by Crippen LogP contribution is -2.35. The molecule has 1 aromatic rings. The molecule has 0 saturated carbocycles. The summed E-state index contributed by atoms with van der Waals surface area (Å²) < 4.78 is 22.8. The fraction of sp³-hybridized carbons (Fsp3) is 0.364. The van der Waals surface area contributed by atoms with E-state index >= 15 is 0 Å². The van der Waals surface area contributed by atoms with Gasteiger partial charge in [0.2, 0.25) is 0 Å². The fourth-order valence-corrected chi connectivity index (χ4v) is 1.27. The van der Waals surface area contributed by atoms with Crippen molar-refractivity contribution in [3.63, 3.8) is 0 Å². The van der Waals surface area contributed by atoms with Crippen molar-refractivity contribution in [2.24, 2.45) is 5.73 Å². The maximum atomic E-state index is 13.1. The molecule has 3 N–H and O–H groups in total. The molecule has 0 spiro atoms. The summed E-state index contributed by atoms with van der Waals surface area (Å²) in [5, 5.41) is 2.56. The highest BCUT2D eigenvalue weighted by atomic mass is 19.1. The summed E-state index contributed by atoms with van der Waals surface area (Å²) in [7, 11) is 2.74. The van der Waals surface area contributed by atoms with E-state index in [1.807, 2.05) is 0 Å². The van der Waals surface area contributed by atoms with Crippen LogP contribution in [0, 0.1) is 5.82 Å². The number of anilines is 1. The highest BCUT2D eigenvalue weighted by Crippen LogP contribution is 2.21. The minimum absolute atomic E-state index is 0.0597. The molecule has 0 aliphatic rings. The van der Waals surface area contributed by atoms with Crippen LogP contribution in [0.4, 0.5) is 10.1 Å². The van der Waals surface area contributed by atoms with Gasteiger partial charge in [-0.05, 0) is 12.1 Å². The van der Waals surface area contributed by atoms with Crippen molar-refractivity contribution in [2.75, 3.05) is 26.1 Å². The lowest BCUT2D eigenvalue weighted by molar-refractivity contribution is -0.125. The van der Waals surface area contributed by atoms with Crippen molar-refractivity contribution in [1.29, 1.82) is 0 Å². The third-order valence-corrected chi connectivity index (χ3v) is 2.21. The van der Waals surface area contributed by atoms with Crippen molar-refractivity contribution < 1.29 is 18.7 Å². The first-order chi connectivity index (χ1) is 8.12. The van der Waals surface area contributed by atoms with Gasteiger partial charge in [0.05, 0.1) is 7.11 Å². The summed E-state index contributed by atoms with van der Waals surface area (Å²) in [5.74, 6) is -0.819. The summed E-state index contributed by atoms with van der Waals surface area (Å²) in [6.45, 7) is 0.0701. The summed E-state index contributed by atoms with van der Waals surface area (Å²) in [6, 6.07) is 4.02. The maximum absolute atomic E-state index is 13.1. The second-order valence-electron chi connectivity index (χ2n) is 3.30. The predicted molar refractivity (Wildman–Crippen MR) is 61.4 cm³/mol. The molecule has 1 aromatic carbocycles. The molecule has 0 aliphatic heterocycles. The molecule has 0 heterocycles. The van der Waals surface area contributed by atoms with Gasteiger partial charge in [-0.15, -0.1) is 0 Å². The van der Waals surface area contributed by atoms with E-state index in [0.29, 0.717) is 5.69 Å². The fourth-order valence-electron chi connectivity index (χ4n) is 1.27. The second-order valence-corrected chi connectivity index (χ2v) is 3.30. The number of nitrogens with one attached hydrogen (secondary N) is 1. The van der Waals surface area contributed by atoms with Gasteiger partial charge in [0, 0.05) is 25.4 Å². The number of ether oxygens (including phenoxy) is 2. The standard InChI is InChI=1S/C11H15FN2O3/c1-16-9-5-7(3-4-8(9)12)14-11(15)10(6-13)17-2/h3-5,10H,6,13H2,1-2H3,(H,14,15). The third kappa shape index (κ3) is 3.40. The van der Waals surface area contributed by atoms with Crippen LogP contribution in [0.15, 0.2) is 18.2 Å². The van der Waals surface area contributed by atoms with E-state index in [4.69, 9.17) is 15.2 Å². The maximum Gasteiger partial charge on any atom is 0.254 e. The molecule has 0 radical (unpaired) electrons. The molecular formula is C11H15FN2O3. The van der Waals surface area contributed by atoms with Crippen molar-refractivity contribution in [3.8, 4) is 5.75 Å². The first-order valence-corrected chi connectivity index (χ1v) is 4.99. The van der Waals surface area contributed by atoms with Gasteiger partial charge < -0.3 is 20.5 Å². The smallest absolute Gasteiger partial charge is 0.254 e. The molecule has 0 saturated heterocycles. The molecule has 0 fully saturated rings. The van der Waals surface area contributed by atoms with E-state index in [1.165, 1.54) is 32.4 Å². The van der Waals surface area contributed by atoms with Crippen molar-refractivity contribution in [2.45, 2.75) is 6.10 Å². The Hall–Kier alpha value is -1.66. The van der Waals surface area contributed by atoms with Crippen molar-refractivity contribution in [3.05, 3.63) is 24.0 Å². The van der Waals surface area contributed by atoms with Crippen LogP contribution in [0.5, 0.6) is 5.75 Å². The zero-order valence-corrected chi connectivity index (χ0v) is 9.70. The highest BCUT2D eigenvalue weighted by molar-refractivity contribution is 5.94. The largest absolute Gasteiger partial charge is 0.494 e. The van der Waals surface area contributed by atoms with Gasteiger partial charge in [-0.1, -0.05) is 0 Å². The van der Waals surface area contributed by atoms with Gasteiger partial charge in [0.1, 0.15) is 6.10 Å². The van der Waals surface area contributed by atoms with E-state index in [0.717, 1.165) is 0 Å². The highest BCUT2D eigenvalue weighted by Gasteiger charge is 2.16. The zero-order chi connectivity index (χ0) is 12.8. The minimum Gasteiger partial charge on any atom is -0.494 e. The van der Waals surface area contributed by atoms with E-state index in [1.54, 1.807) is 0 Å². The molecular weight excluding hydrogens is 227 g/mol. The Labute approximate surface area is 98.7 Å². The average Bonchev–Trinajstić information content (AvgIpc) is 2.33. The Morgan fingerprint density at radius 1 is 1.53 bits per heavy atom. The number of hydrogen-bond acceptors (Lipinski definition) is 4. The first kappa shape index (κ1) is 13.4. The lowest BCUT2D eigenvalue weighted by Gasteiger charge is -2.13. The van der Waals surface area contributed by atoms with Gasteiger partial charge >= 0.3 is 0 Å². The number of amides is 1. The predicted octanol–water partition coefficient (Wildman–Crippen LogP) is 0.746.